The number of imidazole rings is 1. The number of aromatic nitrogens is 6. The van der Waals surface area contributed by atoms with Crippen LogP contribution >= 0.6 is 0 Å². The van der Waals surface area contributed by atoms with Gasteiger partial charge in [-0.1, -0.05) is 115 Å². The van der Waals surface area contributed by atoms with Gasteiger partial charge < -0.3 is 20.5 Å². The monoisotopic (exact) mass is 760 g/mol. The zero-order chi connectivity index (χ0) is 39.3. The Hall–Kier alpha value is -7.86. The van der Waals surface area contributed by atoms with E-state index in [1.165, 1.54) is 11.0 Å². The highest BCUT2D eigenvalue weighted by molar-refractivity contribution is 5.97. The molecule has 0 fully saturated rings. The number of carbonyl (C=O) groups excluding carboxylic acids is 2. The zero-order valence-corrected chi connectivity index (χ0v) is 31.5. The second kappa shape index (κ2) is 14.0. The molecule has 12 nitrogen and oxygen atoms in total. The van der Waals surface area contributed by atoms with Crippen molar-refractivity contribution in [2.75, 3.05) is 10.6 Å². The van der Waals surface area contributed by atoms with Crippen molar-refractivity contribution >= 4 is 23.6 Å². The third-order valence-electron chi connectivity index (χ3n) is 11.0. The summed E-state index contributed by atoms with van der Waals surface area (Å²) in [4.78, 5) is 32.3. The van der Waals surface area contributed by atoms with Gasteiger partial charge in [0, 0.05) is 18.3 Å². The number of nitrogens with zero attached hydrogens (tertiary/aromatic N) is 6. The molecule has 58 heavy (non-hydrogen) atoms. The minimum Gasteiger partial charge on any atom is -0.327 e. The van der Waals surface area contributed by atoms with Crippen LogP contribution in [0.2, 0.25) is 0 Å². The van der Waals surface area contributed by atoms with Gasteiger partial charge in [-0.3, -0.25) is 5.32 Å². The maximum Gasteiger partial charge on any atom is 0.321 e. The molecule has 10 rings (SSSR count). The van der Waals surface area contributed by atoms with Gasteiger partial charge in [0.25, 0.3) is 0 Å². The largest absolute Gasteiger partial charge is 0.327 e. The lowest BCUT2D eigenvalue weighted by molar-refractivity contribution is 0.249. The Morgan fingerprint density at radius 3 is 1.91 bits per heavy atom. The van der Waals surface area contributed by atoms with E-state index in [0.717, 1.165) is 72.7 Å². The number of hydrogen-bond donors (Lipinski definition) is 4. The molecule has 0 saturated heterocycles. The molecule has 0 spiro atoms. The maximum absolute atomic E-state index is 13.8. The van der Waals surface area contributed by atoms with Crippen LogP contribution in [0.25, 0.3) is 50.3 Å². The molecule has 4 N–H and O–H groups in total. The number of rotatable bonds is 7. The quantitative estimate of drug-likeness (QED) is 0.128. The number of carbonyl (C=O) groups is 2. The van der Waals surface area contributed by atoms with E-state index in [0.29, 0.717) is 17.2 Å². The summed E-state index contributed by atoms with van der Waals surface area (Å²) in [5.74, 6) is 1.35. The van der Waals surface area contributed by atoms with E-state index in [1.807, 2.05) is 97.4 Å². The van der Waals surface area contributed by atoms with Crippen molar-refractivity contribution in [3.05, 3.63) is 174 Å². The first-order chi connectivity index (χ1) is 28.4. The molecule has 0 aliphatic heterocycles. The highest BCUT2D eigenvalue weighted by atomic mass is 16.2. The van der Waals surface area contributed by atoms with Crippen molar-refractivity contribution in [2.45, 2.75) is 19.0 Å². The van der Waals surface area contributed by atoms with E-state index < -0.39 is 0 Å². The van der Waals surface area contributed by atoms with Crippen LogP contribution in [0, 0.1) is 6.92 Å². The number of benzene rings is 6. The fourth-order valence-corrected chi connectivity index (χ4v) is 8.33. The molecular weight excluding hydrogens is 725 g/mol. The smallest absolute Gasteiger partial charge is 0.321 e. The normalized spacial score (nSPS) is 13.6. The van der Waals surface area contributed by atoms with E-state index >= 15 is 0 Å². The van der Waals surface area contributed by atoms with E-state index in [4.69, 9.17) is 4.98 Å². The Bertz CT molecular complexity index is 2850. The van der Waals surface area contributed by atoms with Gasteiger partial charge in [-0.05, 0) is 97.3 Å². The summed E-state index contributed by atoms with van der Waals surface area (Å²) in [6.45, 7) is 1.93. The van der Waals surface area contributed by atoms with Crippen LogP contribution in [0.15, 0.2) is 146 Å². The highest BCUT2D eigenvalue weighted by Crippen LogP contribution is 2.48. The average Bonchev–Trinajstić information content (AvgIpc) is 4.04. The first kappa shape index (κ1) is 34.6. The Morgan fingerprint density at radius 2 is 1.19 bits per heavy atom. The Kier molecular flexibility index (Phi) is 8.37. The van der Waals surface area contributed by atoms with Crippen LogP contribution in [0.5, 0.6) is 0 Å². The number of amides is 4. The van der Waals surface area contributed by atoms with E-state index in [2.05, 4.69) is 97.5 Å². The summed E-state index contributed by atoms with van der Waals surface area (Å²) in [5, 5.41) is 24.0. The molecule has 1 unspecified atom stereocenters. The van der Waals surface area contributed by atoms with Crippen molar-refractivity contribution < 1.29 is 9.59 Å². The molecule has 6 aromatic carbocycles. The van der Waals surface area contributed by atoms with Crippen LogP contribution in [0.4, 0.5) is 21.1 Å². The third kappa shape index (κ3) is 5.95. The molecule has 12 heteroatoms. The third-order valence-corrected chi connectivity index (χ3v) is 11.0. The van der Waals surface area contributed by atoms with Gasteiger partial charge in [-0.15, -0.1) is 5.10 Å². The van der Waals surface area contributed by atoms with Gasteiger partial charge in [0.05, 0.1) is 17.8 Å². The molecule has 4 amide bonds. The molecule has 0 bridgehead atoms. The van der Waals surface area contributed by atoms with Crippen LogP contribution in [-0.4, -0.2) is 41.8 Å². The summed E-state index contributed by atoms with van der Waals surface area (Å²) >= 11 is 0. The SMILES string of the molecule is Cc1nc(-c2cccc(-c3cccc4c3-c3ccccc3C4NC(=O)Nc3cccc(-n4cnnn4)c3)c2)c(NC(=O)NC2c3ccccc3-c3ccccc32)n1C. The van der Waals surface area contributed by atoms with Gasteiger partial charge in [0.2, 0.25) is 0 Å². The number of urea groups is 2. The van der Waals surface area contributed by atoms with Crippen LogP contribution in [0.3, 0.4) is 0 Å². The summed E-state index contributed by atoms with van der Waals surface area (Å²) in [6.07, 6.45) is 1.50. The first-order valence-corrected chi connectivity index (χ1v) is 18.9. The summed E-state index contributed by atoms with van der Waals surface area (Å²) in [6, 6.07) is 44.9. The lowest BCUT2D eigenvalue weighted by Crippen LogP contribution is -2.33. The lowest BCUT2D eigenvalue weighted by atomic mass is 9.93. The standard InChI is InChI=1S/C46H36N10O2/c1-27-48-41(44(55(27)2)52-46(58)50-42-36-19-6-3-16-33(36)34-17-4-7-20-37(34)42)29-13-9-12-28(24-29)32-22-11-23-39-40(32)35-18-5-8-21-38(35)43(39)51-45(57)49-30-14-10-15-31(25-30)56-26-47-53-54-56/h3-26,42-43H,1-2H3,(H2,49,51,57)(H2,50,52,58). The number of aryl methyl sites for hydroxylation is 1. The zero-order valence-electron chi connectivity index (χ0n) is 31.5. The molecule has 2 aromatic heterocycles. The van der Waals surface area contributed by atoms with Crippen LogP contribution < -0.4 is 21.3 Å². The van der Waals surface area contributed by atoms with E-state index in [1.54, 1.807) is 0 Å². The highest BCUT2D eigenvalue weighted by Gasteiger charge is 2.33. The van der Waals surface area contributed by atoms with Crippen molar-refractivity contribution in [3.63, 3.8) is 0 Å². The lowest BCUT2D eigenvalue weighted by Gasteiger charge is -2.18. The number of nitrogens with one attached hydrogen (secondary N) is 4. The minimum atomic E-state index is -0.386. The average molecular weight is 761 g/mol. The predicted molar refractivity (Wildman–Crippen MR) is 223 cm³/mol. The Labute approximate surface area is 333 Å². The molecule has 0 radical (unpaired) electrons. The van der Waals surface area contributed by atoms with Crippen LogP contribution in [0.1, 0.15) is 40.2 Å². The summed E-state index contributed by atoms with van der Waals surface area (Å²) in [7, 11) is 1.90. The van der Waals surface area contributed by atoms with Crippen molar-refractivity contribution in [2.24, 2.45) is 7.05 Å². The second-order valence-corrected chi connectivity index (χ2v) is 14.4. The molecule has 0 saturated carbocycles. The molecule has 1 atom stereocenters. The van der Waals surface area contributed by atoms with Gasteiger partial charge >= 0.3 is 12.1 Å². The van der Waals surface area contributed by atoms with Crippen molar-refractivity contribution in [3.8, 4) is 50.3 Å². The first-order valence-electron chi connectivity index (χ1n) is 18.9. The van der Waals surface area contributed by atoms with E-state index in [9.17, 15) is 9.59 Å². The Morgan fingerprint density at radius 1 is 0.603 bits per heavy atom. The van der Waals surface area contributed by atoms with Gasteiger partial charge in [-0.25, -0.2) is 19.3 Å². The second-order valence-electron chi connectivity index (χ2n) is 14.4. The fourth-order valence-electron chi connectivity index (χ4n) is 8.33. The van der Waals surface area contributed by atoms with Crippen molar-refractivity contribution in [1.29, 1.82) is 0 Å². The van der Waals surface area contributed by atoms with Crippen LogP contribution in [-0.2, 0) is 7.05 Å². The van der Waals surface area contributed by atoms with Crippen molar-refractivity contribution in [1.82, 2.24) is 40.4 Å². The molecule has 8 aromatic rings. The molecular formula is C46H36N10O2. The number of hydrogen-bond acceptors (Lipinski definition) is 6. The number of anilines is 2. The van der Waals surface area contributed by atoms with Gasteiger partial charge in [0.1, 0.15) is 23.7 Å². The van der Waals surface area contributed by atoms with Gasteiger partial charge in [-0.2, -0.15) is 0 Å². The molecule has 2 heterocycles. The Balaban J connectivity index is 0.938. The number of fused-ring (bicyclic) bond motifs is 6. The maximum atomic E-state index is 13.8. The molecule has 2 aliphatic rings. The summed E-state index contributed by atoms with van der Waals surface area (Å²) in [5.41, 5.74) is 13.3. The minimum absolute atomic E-state index is 0.282. The molecule has 2 aliphatic carbocycles. The predicted octanol–water partition coefficient (Wildman–Crippen LogP) is 8.82. The topological polar surface area (TPSA) is 144 Å². The fraction of sp³-hybridized carbons (Fsp3) is 0.0870. The van der Waals surface area contributed by atoms with Gasteiger partial charge in [0.15, 0.2) is 0 Å². The molecule has 282 valence electrons. The number of tetrazole rings is 1. The summed E-state index contributed by atoms with van der Waals surface area (Å²) < 4.78 is 3.43. The van der Waals surface area contributed by atoms with E-state index in [-0.39, 0.29) is 24.1 Å².